The fourth-order valence-corrected chi connectivity index (χ4v) is 2.16. The quantitative estimate of drug-likeness (QED) is 0.539. The maximum absolute atomic E-state index is 11.2. The van der Waals surface area contributed by atoms with Gasteiger partial charge in [0.2, 0.25) is 0 Å². The first-order valence-electron chi connectivity index (χ1n) is 5.82. The lowest BCUT2D eigenvalue weighted by Gasteiger charge is -2.01. The van der Waals surface area contributed by atoms with E-state index in [0.29, 0.717) is 0 Å². The number of fused-ring (bicyclic) bond motifs is 2. The summed E-state index contributed by atoms with van der Waals surface area (Å²) in [6.07, 6.45) is 3.51. The van der Waals surface area contributed by atoms with Crippen LogP contribution in [0.5, 0.6) is 0 Å². The fraction of sp³-hybridized carbons (Fsp3) is 0. The van der Waals surface area contributed by atoms with Crippen molar-refractivity contribution in [3.63, 3.8) is 0 Å². The van der Waals surface area contributed by atoms with Gasteiger partial charge in [-0.2, -0.15) is 5.10 Å². The van der Waals surface area contributed by atoms with Crippen LogP contribution >= 0.6 is 0 Å². The molecular weight excluding hydrogens is 242 g/mol. The Morgan fingerprint density at radius 1 is 1.05 bits per heavy atom. The van der Waals surface area contributed by atoms with E-state index in [0.717, 1.165) is 27.9 Å². The minimum atomic E-state index is -0.204. The average molecular weight is 251 g/mol. The highest BCUT2D eigenvalue weighted by Gasteiger charge is 2.04. The molecule has 0 aliphatic rings. The zero-order valence-electron chi connectivity index (χ0n) is 9.79. The topological polar surface area (TPSA) is 78.8 Å². The van der Waals surface area contributed by atoms with Gasteiger partial charge in [-0.25, -0.2) is 14.3 Å². The van der Waals surface area contributed by atoms with Crippen LogP contribution in [0.3, 0.4) is 0 Å². The Morgan fingerprint density at radius 3 is 2.89 bits per heavy atom. The normalized spacial score (nSPS) is 11.4. The highest BCUT2D eigenvalue weighted by molar-refractivity contribution is 5.80. The standard InChI is InChI=1S/C13H9N5O/c19-13-15-10-2-1-8(7-11(10)16-13)9-3-4-12-14-5-6-18(12)17-9/h1-7H,(H2,15,16,19). The van der Waals surface area contributed by atoms with Crippen molar-refractivity contribution in [2.24, 2.45) is 0 Å². The van der Waals surface area contributed by atoms with E-state index in [1.54, 1.807) is 16.9 Å². The Bertz CT molecular complexity index is 946. The van der Waals surface area contributed by atoms with Crippen molar-refractivity contribution in [1.29, 1.82) is 0 Å². The SMILES string of the molecule is O=c1[nH]c2ccc(-c3ccc4nccn4n3)cc2[nH]1. The minimum Gasteiger partial charge on any atom is -0.306 e. The number of imidazole rings is 2. The van der Waals surface area contributed by atoms with Crippen molar-refractivity contribution in [3.05, 3.63) is 53.2 Å². The number of hydrogen-bond acceptors (Lipinski definition) is 3. The van der Waals surface area contributed by atoms with Gasteiger partial charge in [0.1, 0.15) is 0 Å². The molecule has 0 fully saturated rings. The maximum Gasteiger partial charge on any atom is 0.323 e. The summed E-state index contributed by atoms with van der Waals surface area (Å²) in [5, 5.41) is 4.47. The van der Waals surface area contributed by atoms with E-state index in [4.69, 9.17) is 0 Å². The monoisotopic (exact) mass is 251 g/mol. The Hall–Kier alpha value is -2.89. The molecule has 0 spiro atoms. The summed E-state index contributed by atoms with van der Waals surface area (Å²) < 4.78 is 1.72. The van der Waals surface area contributed by atoms with Gasteiger partial charge in [-0.05, 0) is 24.3 Å². The van der Waals surface area contributed by atoms with Gasteiger partial charge >= 0.3 is 5.69 Å². The molecule has 92 valence electrons. The van der Waals surface area contributed by atoms with E-state index in [1.165, 1.54) is 0 Å². The van der Waals surface area contributed by atoms with Crippen LogP contribution in [-0.2, 0) is 0 Å². The molecule has 3 heterocycles. The first kappa shape index (κ1) is 10.1. The molecule has 0 saturated carbocycles. The fourth-order valence-electron chi connectivity index (χ4n) is 2.16. The highest BCUT2D eigenvalue weighted by atomic mass is 16.1. The van der Waals surface area contributed by atoms with Crippen molar-refractivity contribution in [1.82, 2.24) is 24.6 Å². The maximum atomic E-state index is 11.2. The third kappa shape index (κ3) is 1.54. The molecule has 0 amide bonds. The second kappa shape index (κ2) is 3.55. The van der Waals surface area contributed by atoms with Crippen LogP contribution in [0.2, 0.25) is 0 Å². The number of nitrogens with one attached hydrogen (secondary N) is 2. The summed E-state index contributed by atoms with van der Waals surface area (Å²) in [4.78, 5) is 20.9. The lowest BCUT2D eigenvalue weighted by atomic mass is 10.1. The summed E-state index contributed by atoms with van der Waals surface area (Å²) in [7, 11) is 0. The molecule has 0 saturated heterocycles. The smallest absolute Gasteiger partial charge is 0.306 e. The number of benzene rings is 1. The first-order valence-corrected chi connectivity index (χ1v) is 5.82. The summed E-state index contributed by atoms with van der Waals surface area (Å²) in [6, 6.07) is 9.51. The Kier molecular flexibility index (Phi) is 1.88. The molecule has 0 aliphatic carbocycles. The zero-order chi connectivity index (χ0) is 12.8. The first-order chi connectivity index (χ1) is 9.29. The van der Waals surface area contributed by atoms with Crippen molar-refractivity contribution < 1.29 is 0 Å². The lowest BCUT2D eigenvalue weighted by Crippen LogP contribution is -1.99. The van der Waals surface area contributed by atoms with Crippen LogP contribution in [0.1, 0.15) is 0 Å². The van der Waals surface area contributed by atoms with Gasteiger partial charge < -0.3 is 9.97 Å². The Labute approximate surface area is 106 Å². The molecule has 0 atom stereocenters. The summed E-state index contributed by atoms with van der Waals surface area (Å²) in [5.74, 6) is 0. The zero-order valence-corrected chi connectivity index (χ0v) is 9.79. The highest BCUT2D eigenvalue weighted by Crippen LogP contribution is 2.20. The molecule has 2 N–H and O–H groups in total. The number of hydrogen-bond donors (Lipinski definition) is 2. The van der Waals surface area contributed by atoms with Gasteiger partial charge in [-0.1, -0.05) is 6.07 Å². The number of aromatic amines is 2. The van der Waals surface area contributed by atoms with E-state index in [9.17, 15) is 4.79 Å². The second-order valence-corrected chi connectivity index (χ2v) is 4.29. The third-order valence-corrected chi connectivity index (χ3v) is 3.07. The number of nitrogens with zero attached hydrogens (tertiary/aromatic N) is 3. The molecule has 0 unspecified atom stereocenters. The largest absolute Gasteiger partial charge is 0.323 e. The number of H-pyrrole nitrogens is 2. The Morgan fingerprint density at radius 2 is 1.95 bits per heavy atom. The summed E-state index contributed by atoms with van der Waals surface area (Å²) in [5.41, 5.74) is 3.94. The summed E-state index contributed by atoms with van der Waals surface area (Å²) in [6.45, 7) is 0. The van der Waals surface area contributed by atoms with Crippen LogP contribution in [0.15, 0.2) is 47.5 Å². The van der Waals surface area contributed by atoms with Crippen LogP contribution in [0.4, 0.5) is 0 Å². The minimum absolute atomic E-state index is 0.204. The van der Waals surface area contributed by atoms with Crippen LogP contribution in [0.25, 0.3) is 27.9 Å². The van der Waals surface area contributed by atoms with E-state index in [2.05, 4.69) is 20.1 Å². The molecule has 0 radical (unpaired) electrons. The van der Waals surface area contributed by atoms with E-state index < -0.39 is 0 Å². The molecule has 6 heteroatoms. The van der Waals surface area contributed by atoms with Crippen LogP contribution in [-0.4, -0.2) is 24.6 Å². The van der Waals surface area contributed by atoms with Crippen LogP contribution < -0.4 is 5.69 Å². The lowest BCUT2D eigenvalue weighted by molar-refractivity contribution is 0.942. The van der Waals surface area contributed by atoms with Gasteiger partial charge in [-0.3, -0.25) is 0 Å². The molecular formula is C13H9N5O. The third-order valence-electron chi connectivity index (χ3n) is 3.07. The van der Waals surface area contributed by atoms with Gasteiger partial charge in [-0.15, -0.1) is 0 Å². The molecule has 4 aromatic rings. The molecule has 3 aromatic heterocycles. The van der Waals surface area contributed by atoms with Gasteiger partial charge in [0.05, 0.1) is 16.7 Å². The molecule has 0 bridgehead atoms. The Balaban J connectivity index is 1.94. The number of aromatic nitrogens is 5. The molecule has 19 heavy (non-hydrogen) atoms. The van der Waals surface area contributed by atoms with Gasteiger partial charge in [0, 0.05) is 18.0 Å². The van der Waals surface area contributed by atoms with Crippen LogP contribution in [0, 0.1) is 0 Å². The predicted octanol–water partition coefficient (Wildman–Crippen LogP) is 1.57. The van der Waals surface area contributed by atoms with E-state index in [-0.39, 0.29) is 5.69 Å². The van der Waals surface area contributed by atoms with Gasteiger partial charge in [0.25, 0.3) is 0 Å². The number of rotatable bonds is 1. The molecule has 6 nitrogen and oxygen atoms in total. The average Bonchev–Trinajstić information content (AvgIpc) is 3.01. The van der Waals surface area contributed by atoms with Gasteiger partial charge in [0.15, 0.2) is 5.65 Å². The predicted molar refractivity (Wildman–Crippen MR) is 70.9 cm³/mol. The summed E-state index contributed by atoms with van der Waals surface area (Å²) >= 11 is 0. The van der Waals surface area contributed by atoms with Crippen molar-refractivity contribution in [2.75, 3.05) is 0 Å². The van der Waals surface area contributed by atoms with Crippen molar-refractivity contribution >= 4 is 16.7 Å². The molecule has 0 aliphatic heterocycles. The van der Waals surface area contributed by atoms with E-state index >= 15 is 0 Å². The molecule has 1 aromatic carbocycles. The molecule has 4 rings (SSSR count). The van der Waals surface area contributed by atoms with Crippen molar-refractivity contribution in [3.8, 4) is 11.3 Å². The van der Waals surface area contributed by atoms with E-state index in [1.807, 2.05) is 30.3 Å². The van der Waals surface area contributed by atoms with Crippen molar-refractivity contribution in [2.45, 2.75) is 0 Å². The second-order valence-electron chi connectivity index (χ2n) is 4.29.